The van der Waals surface area contributed by atoms with Crippen molar-refractivity contribution in [1.82, 2.24) is 10.6 Å². The molecule has 6 nitrogen and oxygen atoms in total. The lowest BCUT2D eigenvalue weighted by molar-refractivity contribution is -0.126. The zero-order valence-corrected chi connectivity index (χ0v) is 15.6. The molecule has 0 saturated carbocycles. The Hall–Kier alpha value is -1.58. The van der Waals surface area contributed by atoms with E-state index in [-0.39, 0.29) is 28.2 Å². The highest BCUT2D eigenvalue weighted by Gasteiger charge is 2.23. The molecule has 0 aliphatic rings. The van der Waals surface area contributed by atoms with E-state index in [1.54, 1.807) is 22.6 Å². The normalized spacial score (nSPS) is 11.7. The molecule has 0 fully saturated rings. The smallest absolute Gasteiger partial charge is 0.281 e. The average molecular weight is 429 g/mol. The number of anilines is 1. The molecule has 0 radical (unpaired) electrons. The first-order chi connectivity index (χ1) is 10.8. The Morgan fingerprint density at radius 3 is 2.26 bits per heavy atom. The minimum Gasteiger partial charge on any atom is -0.345 e. The molecule has 0 aromatic heterocycles. The molecule has 1 rings (SSSR count). The zero-order chi connectivity index (χ0) is 17.4. The van der Waals surface area contributed by atoms with Crippen LogP contribution in [0.3, 0.4) is 0 Å². The molecule has 3 amide bonds. The second kappa shape index (κ2) is 9.54. The molecule has 0 aliphatic carbocycles. The van der Waals surface area contributed by atoms with Crippen molar-refractivity contribution >= 4 is 51.9 Å². The fourth-order valence-electron chi connectivity index (χ4n) is 1.96. The van der Waals surface area contributed by atoms with Crippen LogP contribution in [0, 0.1) is 5.92 Å². The fraction of sp³-hybridized carbons (Fsp3) is 0.400. The number of halogens is 1. The van der Waals surface area contributed by atoms with E-state index in [1.165, 1.54) is 5.56 Å². The van der Waals surface area contributed by atoms with Crippen LogP contribution in [0.15, 0.2) is 24.3 Å². The number of benzene rings is 1. The van der Waals surface area contributed by atoms with E-state index >= 15 is 0 Å². The van der Waals surface area contributed by atoms with Gasteiger partial charge in [-0.15, -0.1) is 0 Å². The molecule has 1 aromatic rings. The molecule has 0 heterocycles. The Balaban J connectivity index is 2.50. The van der Waals surface area contributed by atoms with Gasteiger partial charge in [0.1, 0.15) is 13.9 Å². The second-order valence-corrected chi connectivity index (χ2v) is 6.44. The molecule has 23 heavy (non-hydrogen) atoms. The highest BCUT2D eigenvalue weighted by Crippen LogP contribution is 2.09. The standard InChI is InChI=1S/C15H21BIN3O3/c1-9(2)13(20-15(17)23)14(22)18-8-12(21)19-11-5-3-10(7-16)4-6-11/h3-6,9,13H,7-8,16H2,1-2H3,(H,18,22)(H,19,21)(H,20,23)/t13-/m0/s1. The quantitative estimate of drug-likeness (QED) is 0.262. The minimum atomic E-state index is -0.656. The lowest BCUT2D eigenvalue weighted by Gasteiger charge is -2.20. The zero-order valence-electron chi connectivity index (χ0n) is 13.5. The van der Waals surface area contributed by atoms with Gasteiger partial charge in [-0.25, -0.2) is 0 Å². The molecular weight excluding hydrogens is 408 g/mol. The maximum Gasteiger partial charge on any atom is 0.281 e. The number of carbonyl (C=O) groups excluding carboxylic acids is 3. The predicted octanol–water partition coefficient (Wildman–Crippen LogP) is 1.04. The Morgan fingerprint density at radius 1 is 1.17 bits per heavy atom. The van der Waals surface area contributed by atoms with Crippen LogP contribution in [0.5, 0.6) is 0 Å². The lowest BCUT2D eigenvalue weighted by atomic mass is 9.97. The third-order valence-corrected chi connectivity index (χ3v) is 3.60. The lowest BCUT2D eigenvalue weighted by Crippen LogP contribution is -2.49. The van der Waals surface area contributed by atoms with E-state index in [0.29, 0.717) is 5.69 Å². The summed E-state index contributed by atoms with van der Waals surface area (Å²) in [4.78, 5) is 35.0. The van der Waals surface area contributed by atoms with Gasteiger partial charge in [-0.1, -0.05) is 37.9 Å². The maximum absolute atomic E-state index is 12.1. The van der Waals surface area contributed by atoms with Gasteiger partial charge in [0, 0.05) is 28.3 Å². The summed E-state index contributed by atoms with van der Waals surface area (Å²) in [6, 6.07) is 6.88. The molecule has 0 unspecified atom stereocenters. The Kier molecular flexibility index (Phi) is 8.08. The third-order valence-electron chi connectivity index (χ3n) is 3.29. The van der Waals surface area contributed by atoms with E-state index in [0.717, 1.165) is 6.32 Å². The first-order valence-electron chi connectivity index (χ1n) is 7.46. The molecule has 0 aliphatic heterocycles. The van der Waals surface area contributed by atoms with E-state index in [9.17, 15) is 14.4 Å². The monoisotopic (exact) mass is 429 g/mol. The number of nitrogens with one attached hydrogen (secondary N) is 3. The predicted molar refractivity (Wildman–Crippen MR) is 102 cm³/mol. The van der Waals surface area contributed by atoms with E-state index < -0.39 is 6.04 Å². The van der Waals surface area contributed by atoms with Crippen molar-refractivity contribution < 1.29 is 14.4 Å². The summed E-state index contributed by atoms with van der Waals surface area (Å²) in [7, 11) is 2.06. The van der Waals surface area contributed by atoms with Crippen molar-refractivity contribution in [3.8, 4) is 0 Å². The average Bonchev–Trinajstić information content (AvgIpc) is 2.50. The van der Waals surface area contributed by atoms with Crippen LogP contribution in [-0.2, 0) is 15.9 Å². The van der Waals surface area contributed by atoms with E-state index in [1.807, 2.05) is 38.1 Å². The van der Waals surface area contributed by atoms with E-state index in [2.05, 4.69) is 23.8 Å². The Morgan fingerprint density at radius 2 is 1.78 bits per heavy atom. The SMILES string of the molecule is BCc1ccc(NC(=O)CNC(=O)[C@@H](NC(=O)I)C(C)C)cc1. The van der Waals surface area contributed by atoms with Gasteiger partial charge in [-0.2, -0.15) is 0 Å². The molecule has 0 bridgehead atoms. The van der Waals surface area contributed by atoms with Crippen LogP contribution in [-0.4, -0.2) is 36.2 Å². The van der Waals surface area contributed by atoms with Crippen molar-refractivity contribution in [2.75, 3.05) is 11.9 Å². The van der Waals surface area contributed by atoms with Gasteiger partial charge in [0.15, 0.2) is 0 Å². The van der Waals surface area contributed by atoms with Crippen molar-refractivity contribution in [2.24, 2.45) is 5.92 Å². The highest BCUT2D eigenvalue weighted by molar-refractivity contribution is 14.1. The van der Waals surface area contributed by atoms with E-state index in [4.69, 9.17) is 0 Å². The van der Waals surface area contributed by atoms with Crippen LogP contribution in [0.25, 0.3) is 0 Å². The molecule has 124 valence electrons. The number of hydrogen-bond acceptors (Lipinski definition) is 3. The van der Waals surface area contributed by atoms with Crippen molar-refractivity contribution in [2.45, 2.75) is 26.2 Å². The third kappa shape index (κ3) is 7.02. The van der Waals surface area contributed by atoms with Crippen molar-refractivity contribution in [1.29, 1.82) is 0 Å². The highest BCUT2D eigenvalue weighted by atomic mass is 127. The minimum absolute atomic E-state index is 0.0710. The topological polar surface area (TPSA) is 87.3 Å². The molecule has 1 aromatic carbocycles. The summed E-state index contributed by atoms with van der Waals surface area (Å²) in [6.07, 6.45) is 0.934. The van der Waals surface area contributed by atoms with Gasteiger partial charge in [-0.3, -0.25) is 14.4 Å². The van der Waals surface area contributed by atoms with Gasteiger partial charge in [0.2, 0.25) is 11.8 Å². The van der Waals surface area contributed by atoms with Crippen LogP contribution < -0.4 is 16.0 Å². The van der Waals surface area contributed by atoms with Crippen LogP contribution in [0.1, 0.15) is 19.4 Å². The summed E-state index contributed by atoms with van der Waals surface area (Å²) in [5, 5.41) is 7.83. The summed E-state index contributed by atoms with van der Waals surface area (Å²) < 4.78 is -0.308. The molecule has 0 spiro atoms. The van der Waals surface area contributed by atoms with Gasteiger partial charge in [0.05, 0.1) is 6.54 Å². The maximum atomic E-state index is 12.1. The van der Waals surface area contributed by atoms with Crippen LogP contribution >= 0.6 is 22.6 Å². The second-order valence-electron chi connectivity index (χ2n) is 5.46. The first-order valence-corrected chi connectivity index (χ1v) is 8.53. The van der Waals surface area contributed by atoms with Gasteiger partial charge in [-0.05, 0) is 18.1 Å². The largest absolute Gasteiger partial charge is 0.345 e. The number of rotatable bonds is 7. The summed E-state index contributed by atoms with van der Waals surface area (Å²) >= 11 is 1.58. The summed E-state index contributed by atoms with van der Waals surface area (Å²) in [5.74, 6) is -0.759. The Bertz CT molecular complexity index is 564. The molecular formula is C15H21BIN3O3. The number of amides is 3. The number of hydrogen-bond donors (Lipinski definition) is 3. The summed E-state index contributed by atoms with van der Waals surface area (Å²) in [6.45, 7) is 3.51. The number of carbonyl (C=O) groups is 3. The van der Waals surface area contributed by atoms with Crippen LogP contribution in [0.4, 0.5) is 10.5 Å². The van der Waals surface area contributed by atoms with Gasteiger partial charge < -0.3 is 16.0 Å². The molecule has 1 atom stereocenters. The van der Waals surface area contributed by atoms with Gasteiger partial charge >= 0.3 is 0 Å². The van der Waals surface area contributed by atoms with Crippen molar-refractivity contribution in [3.63, 3.8) is 0 Å². The van der Waals surface area contributed by atoms with Crippen molar-refractivity contribution in [3.05, 3.63) is 29.8 Å². The molecule has 3 N–H and O–H groups in total. The van der Waals surface area contributed by atoms with Gasteiger partial charge in [0.25, 0.3) is 3.91 Å². The first kappa shape index (κ1) is 19.5. The Labute approximate surface area is 150 Å². The fourth-order valence-corrected chi connectivity index (χ4v) is 2.30. The molecule has 8 heteroatoms. The molecule has 0 saturated heterocycles. The van der Waals surface area contributed by atoms with Crippen LogP contribution in [0.2, 0.25) is 0 Å². The summed E-state index contributed by atoms with van der Waals surface area (Å²) in [5.41, 5.74) is 1.87.